The van der Waals surface area contributed by atoms with Crippen LogP contribution in [0.25, 0.3) is 0 Å². The molecule has 144 valence electrons. The average molecular weight is 398 g/mol. The molecule has 6 nitrogen and oxygen atoms in total. The normalized spacial score (nSPS) is 16.8. The van der Waals surface area contributed by atoms with E-state index in [0.717, 1.165) is 25.1 Å². The van der Waals surface area contributed by atoms with Gasteiger partial charge in [0.15, 0.2) is 6.61 Å². The van der Waals surface area contributed by atoms with Gasteiger partial charge in [-0.25, -0.2) is 0 Å². The Bertz CT molecular complexity index is 928. The fourth-order valence-electron chi connectivity index (χ4n) is 3.29. The molecule has 1 aliphatic rings. The molecular formula is C21H20ClN3O3. The maximum Gasteiger partial charge on any atom is 0.253 e. The Hall–Kier alpha value is -2.86. The summed E-state index contributed by atoms with van der Waals surface area (Å²) in [5.41, 5.74) is 0.632. The first-order chi connectivity index (χ1) is 13.7. The Labute approximate surface area is 168 Å². The Kier molecular flexibility index (Phi) is 5.58. The number of rotatable bonds is 5. The molecule has 1 fully saturated rings. The van der Waals surface area contributed by atoms with Crippen molar-refractivity contribution >= 4 is 17.5 Å². The van der Waals surface area contributed by atoms with Gasteiger partial charge in [0, 0.05) is 23.7 Å². The molecule has 28 heavy (non-hydrogen) atoms. The van der Waals surface area contributed by atoms with E-state index in [-0.39, 0.29) is 18.4 Å². The number of amides is 1. The van der Waals surface area contributed by atoms with Crippen molar-refractivity contribution in [3.05, 3.63) is 77.0 Å². The van der Waals surface area contributed by atoms with Crippen molar-refractivity contribution in [3.63, 3.8) is 0 Å². The molecular weight excluding hydrogens is 378 g/mol. The lowest BCUT2D eigenvalue weighted by Gasteiger charge is -2.31. The van der Waals surface area contributed by atoms with Crippen molar-refractivity contribution in [2.45, 2.75) is 25.4 Å². The lowest BCUT2D eigenvalue weighted by Crippen LogP contribution is -2.39. The molecule has 1 aliphatic heterocycles. The van der Waals surface area contributed by atoms with Crippen molar-refractivity contribution in [2.75, 3.05) is 13.1 Å². The number of piperidine rings is 1. The second-order valence-electron chi connectivity index (χ2n) is 6.73. The molecule has 0 N–H and O–H groups in total. The maximum atomic E-state index is 12.7. The zero-order valence-electron chi connectivity index (χ0n) is 15.3. The van der Waals surface area contributed by atoms with E-state index in [4.69, 9.17) is 20.8 Å². The standard InChI is InChI=1S/C21H20ClN3O3/c22-17-10-8-15(9-11-17)21(26)25-12-4-5-16(13-25)20-24-23-19(28-20)14-27-18-6-2-1-3-7-18/h1-3,6-11,16H,4-5,12-14H2. The first-order valence-electron chi connectivity index (χ1n) is 9.24. The molecule has 7 heteroatoms. The molecule has 2 heterocycles. The molecule has 0 aliphatic carbocycles. The summed E-state index contributed by atoms with van der Waals surface area (Å²) < 4.78 is 11.4. The van der Waals surface area contributed by atoms with E-state index < -0.39 is 0 Å². The summed E-state index contributed by atoms with van der Waals surface area (Å²) in [6, 6.07) is 16.4. The molecule has 1 unspecified atom stereocenters. The highest BCUT2D eigenvalue weighted by molar-refractivity contribution is 6.30. The third-order valence-corrected chi connectivity index (χ3v) is 4.99. The lowest BCUT2D eigenvalue weighted by molar-refractivity contribution is 0.0697. The monoisotopic (exact) mass is 397 g/mol. The second-order valence-corrected chi connectivity index (χ2v) is 7.17. The first-order valence-corrected chi connectivity index (χ1v) is 9.62. The topological polar surface area (TPSA) is 68.5 Å². The molecule has 1 aromatic heterocycles. The van der Waals surface area contributed by atoms with E-state index in [9.17, 15) is 4.79 Å². The minimum absolute atomic E-state index is 0.00600. The number of hydrogen-bond acceptors (Lipinski definition) is 5. The van der Waals surface area contributed by atoms with Crippen molar-refractivity contribution in [3.8, 4) is 5.75 Å². The molecule has 0 bridgehead atoms. The van der Waals surface area contributed by atoms with Gasteiger partial charge in [-0.3, -0.25) is 4.79 Å². The first kappa shape index (κ1) is 18.5. The zero-order valence-corrected chi connectivity index (χ0v) is 16.0. The van der Waals surface area contributed by atoms with Crippen LogP contribution < -0.4 is 4.74 Å². The molecule has 3 aromatic rings. The van der Waals surface area contributed by atoms with Gasteiger partial charge in [-0.15, -0.1) is 10.2 Å². The largest absolute Gasteiger partial charge is 0.484 e. The number of carbonyl (C=O) groups is 1. The number of carbonyl (C=O) groups excluding carboxylic acids is 1. The van der Waals surface area contributed by atoms with Gasteiger partial charge in [-0.05, 0) is 49.2 Å². The van der Waals surface area contributed by atoms with E-state index >= 15 is 0 Å². The van der Waals surface area contributed by atoms with E-state index in [1.54, 1.807) is 24.3 Å². The number of likely N-dealkylation sites (tertiary alicyclic amines) is 1. The molecule has 1 amide bonds. The lowest BCUT2D eigenvalue weighted by atomic mass is 9.97. The van der Waals surface area contributed by atoms with Gasteiger partial charge in [0.25, 0.3) is 11.8 Å². The molecule has 0 saturated carbocycles. The van der Waals surface area contributed by atoms with Crippen LogP contribution in [0.15, 0.2) is 59.0 Å². The molecule has 1 saturated heterocycles. The summed E-state index contributed by atoms with van der Waals surface area (Å²) >= 11 is 5.91. The van der Waals surface area contributed by atoms with Gasteiger partial charge in [-0.1, -0.05) is 29.8 Å². The molecule has 4 rings (SSSR count). The van der Waals surface area contributed by atoms with E-state index in [1.807, 2.05) is 35.2 Å². The van der Waals surface area contributed by atoms with Crippen LogP contribution in [0, 0.1) is 0 Å². The van der Waals surface area contributed by atoms with Gasteiger partial charge in [0.05, 0.1) is 5.92 Å². The number of halogens is 1. The highest BCUT2D eigenvalue weighted by Crippen LogP contribution is 2.27. The van der Waals surface area contributed by atoms with Crippen LogP contribution in [-0.4, -0.2) is 34.1 Å². The van der Waals surface area contributed by atoms with Crippen LogP contribution in [0.3, 0.4) is 0 Å². The van der Waals surface area contributed by atoms with Crippen LogP contribution in [0.2, 0.25) is 5.02 Å². The third kappa shape index (κ3) is 4.34. The third-order valence-electron chi connectivity index (χ3n) is 4.74. The van der Waals surface area contributed by atoms with Gasteiger partial charge >= 0.3 is 0 Å². The van der Waals surface area contributed by atoms with Gasteiger partial charge in [0.1, 0.15) is 5.75 Å². The van der Waals surface area contributed by atoms with Gasteiger partial charge < -0.3 is 14.1 Å². The Balaban J connectivity index is 1.38. The summed E-state index contributed by atoms with van der Waals surface area (Å²) in [6.07, 6.45) is 1.80. The maximum absolute atomic E-state index is 12.7. The summed E-state index contributed by atoms with van der Waals surface area (Å²) in [5.74, 6) is 1.76. The van der Waals surface area contributed by atoms with Crippen LogP contribution in [0.5, 0.6) is 5.75 Å². The van der Waals surface area contributed by atoms with E-state index in [1.165, 1.54) is 0 Å². The van der Waals surface area contributed by atoms with Crippen LogP contribution in [0.1, 0.15) is 40.9 Å². The smallest absolute Gasteiger partial charge is 0.253 e. The fraction of sp³-hybridized carbons (Fsp3) is 0.286. The molecule has 1 atom stereocenters. The number of aromatic nitrogens is 2. The fourth-order valence-corrected chi connectivity index (χ4v) is 3.42. The number of para-hydroxylation sites is 1. The minimum Gasteiger partial charge on any atom is -0.484 e. The summed E-state index contributed by atoms with van der Waals surface area (Å²) in [5, 5.41) is 8.88. The minimum atomic E-state index is -0.00600. The van der Waals surface area contributed by atoms with Crippen molar-refractivity contribution < 1.29 is 13.9 Å². The van der Waals surface area contributed by atoms with Crippen LogP contribution in [-0.2, 0) is 6.61 Å². The van der Waals surface area contributed by atoms with Crippen molar-refractivity contribution in [2.24, 2.45) is 0 Å². The summed E-state index contributed by atoms with van der Waals surface area (Å²) in [6.45, 7) is 1.50. The predicted octanol–water partition coefficient (Wildman–Crippen LogP) is 4.32. The molecule has 0 radical (unpaired) electrons. The number of nitrogens with zero attached hydrogens (tertiary/aromatic N) is 3. The highest BCUT2D eigenvalue weighted by Gasteiger charge is 2.29. The zero-order chi connectivity index (χ0) is 19.3. The quantitative estimate of drug-likeness (QED) is 0.641. The van der Waals surface area contributed by atoms with Crippen molar-refractivity contribution in [1.29, 1.82) is 0 Å². The van der Waals surface area contributed by atoms with Gasteiger partial charge in [-0.2, -0.15) is 0 Å². The average Bonchev–Trinajstić information content (AvgIpc) is 3.22. The summed E-state index contributed by atoms with van der Waals surface area (Å²) in [7, 11) is 0. The Morgan fingerprint density at radius 2 is 1.93 bits per heavy atom. The van der Waals surface area contributed by atoms with Gasteiger partial charge in [0.2, 0.25) is 5.89 Å². The Morgan fingerprint density at radius 3 is 2.71 bits per heavy atom. The number of benzene rings is 2. The SMILES string of the molecule is O=C(c1ccc(Cl)cc1)N1CCCC(c2nnc(COc3ccccc3)o2)C1. The van der Waals surface area contributed by atoms with Crippen LogP contribution >= 0.6 is 11.6 Å². The van der Waals surface area contributed by atoms with E-state index in [0.29, 0.717) is 28.9 Å². The predicted molar refractivity (Wildman–Crippen MR) is 104 cm³/mol. The highest BCUT2D eigenvalue weighted by atomic mass is 35.5. The molecule has 2 aromatic carbocycles. The van der Waals surface area contributed by atoms with Crippen molar-refractivity contribution in [1.82, 2.24) is 15.1 Å². The number of hydrogen-bond donors (Lipinski definition) is 0. The number of ether oxygens (including phenoxy) is 1. The van der Waals surface area contributed by atoms with E-state index in [2.05, 4.69) is 10.2 Å². The summed E-state index contributed by atoms with van der Waals surface area (Å²) in [4.78, 5) is 14.6. The Morgan fingerprint density at radius 1 is 1.14 bits per heavy atom. The molecule has 0 spiro atoms. The van der Waals surface area contributed by atoms with Crippen LogP contribution in [0.4, 0.5) is 0 Å². The second kappa shape index (κ2) is 8.44.